The van der Waals surface area contributed by atoms with E-state index in [1.807, 2.05) is 13.8 Å². The van der Waals surface area contributed by atoms with Gasteiger partial charge in [-0.1, -0.05) is 12.8 Å². The van der Waals surface area contributed by atoms with Crippen LogP contribution in [0.5, 0.6) is 0 Å². The number of aliphatic hydroxyl groups excluding tert-OH is 1. The molecule has 0 heterocycles. The van der Waals surface area contributed by atoms with Gasteiger partial charge in [0.15, 0.2) is 0 Å². The molecule has 1 saturated carbocycles. The van der Waals surface area contributed by atoms with Crippen LogP contribution in [-0.2, 0) is 0 Å². The van der Waals surface area contributed by atoms with Crippen LogP contribution in [0.1, 0.15) is 52.4 Å². The number of aliphatic hydroxyl groups is 2. The fourth-order valence-corrected chi connectivity index (χ4v) is 2.19. The molecule has 0 amide bonds. The predicted octanol–water partition coefficient (Wildman–Crippen LogP) is 2.09. The molecule has 13 heavy (non-hydrogen) atoms. The van der Waals surface area contributed by atoms with E-state index in [4.69, 9.17) is 0 Å². The quantitative estimate of drug-likeness (QED) is 0.658. The second kappa shape index (κ2) is 4.43. The topological polar surface area (TPSA) is 40.5 Å². The van der Waals surface area contributed by atoms with E-state index in [9.17, 15) is 10.2 Å². The van der Waals surface area contributed by atoms with Crippen LogP contribution in [0.15, 0.2) is 0 Å². The molecule has 2 N–H and O–H groups in total. The van der Waals surface area contributed by atoms with Gasteiger partial charge in [0, 0.05) is 0 Å². The second-order valence-electron chi connectivity index (χ2n) is 4.87. The Morgan fingerprint density at radius 2 is 1.46 bits per heavy atom. The summed E-state index contributed by atoms with van der Waals surface area (Å²) in [6.45, 7) is 3.80. The van der Waals surface area contributed by atoms with Crippen LogP contribution in [0.25, 0.3) is 0 Å². The molecule has 0 aromatic carbocycles. The van der Waals surface area contributed by atoms with Crippen LogP contribution >= 0.6 is 0 Å². The van der Waals surface area contributed by atoms with E-state index < -0.39 is 5.60 Å². The number of rotatable bonds is 1. The van der Waals surface area contributed by atoms with Crippen molar-refractivity contribution in [2.24, 2.45) is 5.92 Å². The lowest BCUT2D eigenvalue weighted by Crippen LogP contribution is -2.32. The van der Waals surface area contributed by atoms with Crippen molar-refractivity contribution in [3.63, 3.8) is 0 Å². The van der Waals surface area contributed by atoms with Gasteiger partial charge >= 0.3 is 0 Å². The van der Waals surface area contributed by atoms with E-state index in [2.05, 4.69) is 0 Å². The Morgan fingerprint density at radius 1 is 1.00 bits per heavy atom. The average Bonchev–Trinajstić information content (AvgIpc) is 1.93. The predicted molar refractivity (Wildman–Crippen MR) is 53.5 cm³/mol. The fourth-order valence-electron chi connectivity index (χ4n) is 2.19. The minimum atomic E-state index is -0.539. The molecule has 0 atom stereocenters. The molecule has 0 saturated heterocycles. The van der Waals surface area contributed by atoms with E-state index in [1.165, 1.54) is 0 Å². The third-order valence-corrected chi connectivity index (χ3v) is 3.18. The van der Waals surface area contributed by atoms with Crippen molar-refractivity contribution in [1.82, 2.24) is 0 Å². The van der Waals surface area contributed by atoms with Crippen LogP contribution < -0.4 is 0 Å². The largest absolute Gasteiger partial charge is 0.393 e. The summed E-state index contributed by atoms with van der Waals surface area (Å²) < 4.78 is 0. The monoisotopic (exact) mass is 186 g/mol. The highest BCUT2D eigenvalue weighted by atomic mass is 16.3. The summed E-state index contributed by atoms with van der Waals surface area (Å²) in [5.41, 5.74) is -0.539. The minimum absolute atomic E-state index is 0.0947. The van der Waals surface area contributed by atoms with Crippen LogP contribution in [0.2, 0.25) is 0 Å². The van der Waals surface area contributed by atoms with Gasteiger partial charge in [-0.15, -0.1) is 0 Å². The zero-order chi connectivity index (χ0) is 9.90. The Morgan fingerprint density at radius 3 is 1.85 bits per heavy atom. The summed E-state index contributed by atoms with van der Waals surface area (Å²) >= 11 is 0. The molecule has 1 aliphatic carbocycles. The molecule has 2 heteroatoms. The minimum Gasteiger partial charge on any atom is -0.393 e. The highest BCUT2D eigenvalue weighted by molar-refractivity contribution is 4.79. The molecule has 0 spiro atoms. The highest BCUT2D eigenvalue weighted by Crippen LogP contribution is 2.30. The second-order valence-corrected chi connectivity index (χ2v) is 4.87. The Labute approximate surface area is 81.0 Å². The molecular weight excluding hydrogens is 164 g/mol. The standard InChI is InChI=1S/C11H22O2/c1-11(2,13)9-5-3-7-10(12)8-4-6-9/h9-10,12-13H,3-8H2,1-2H3. The maximum Gasteiger partial charge on any atom is 0.0619 e. The fraction of sp³-hybridized carbons (Fsp3) is 1.00. The van der Waals surface area contributed by atoms with Gasteiger partial charge in [0.25, 0.3) is 0 Å². The van der Waals surface area contributed by atoms with Gasteiger partial charge in [0.05, 0.1) is 11.7 Å². The molecule has 0 aromatic heterocycles. The first-order chi connectivity index (χ1) is 6.00. The van der Waals surface area contributed by atoms with Gasteiger partial charge in [-0.25, -0.2) is 0 Å². The first-order valence-corrected chi connectivity index (χ1v) is 5.40. The summed E-state index contributed by atoms with van der Waals surface area (Å²) in [5.74, 6) is 0.417. The van der Waals surface area contributed by atoms with Crippen LogP contribution in [0, 0.1) is 5.92 Å². The van der Waals surface area contributed by atoms with Gasteiger partial charge in [0.1, 0.15) is 0 Å². The Balaban J connectivity index is 2.42. The maximum atomic E-state index is 9.86. The molecule has 1 fully saturated rings. The smallest absolute Gasteiger partial charge is 0.0619 e. The molecule has 0 aromatic rings. The molecule has 1 aliphatic rings. The molecule has 0 bridgehead atoms. The molecule has 78 valence electrons. The maximum absolute atomic E-state index is 9.86. The van der Waals surface area contributed by atoms with E-state index in [0.717, 1.165) is 38.5 Å². The van der Waals surface area contributed by atoms with Gasteiger partial charge in [-0.3, -0.25) is 0 Å². The van der Waals surface area contributed by atoms with Crippen LogP contribution in [0.3, 0.4) is 0 Å². The number of hydrogen-bond acceptors (Lipinski definition) is 2. The lowest BCUT2D eigenvalue weighted by atomic mass is 9.80. The van der Waals surface area contributed by atoms with Crippen molar-refractivity contribution in [3.8, 4) is 0 Å². The highest BCUT2D eigenvalue weighted by Gasteiger charge is 2.27. The van der Waals surface area contributed by atoms with E-state index in [-0.39, 0.29) is 6.10 Å². The molecule has 0 radical (unpaired) electrons. The lowest BCUT2D eigenvalue weighted by Gasteiger charge is -2.31. The Hall–Kier alpha value is -0.0800. The van der Waals surface area contributed by atoms with Crippen molar-refractivity contribution in [1.29, 1.82) is 0 Å². The molecular formula is C11H22O2. The summed E-state index contributed by atoms with van der Waals surface area (Å²) in [4.78, 5) is 0. The van der Waals surface area contributed by atoms with Gasteiger partial charge in [-0.05, 0) is 45.4 Å². The molecule has 1 rings (SSSR count). The summed E-state index contributed by atoms with van der Waals surface area (Å²) in [6, 6.07) is 0. The Kier molecular flexibility index (Phi) is 3.74. The first kappa shape index (κ1) is 11.0. The summed E-state index contributed by atoms with van der Waals surface area (Å²) in [5, 5.41) is 19.3. The van der Waals surface area contributed by atoms with Crippen molar-refractivity contribution in [2.45, 2.75) is 64.1 Å². The first-order valence-electron chi connectivity index (χ1n) is 5.40. The van der Waals surface area contributed by atoms with Gasteiger partial charge in [0.2, 0.25) is 0 Å². The van der Waals surface area contributed by atoms with Crippen molar-refractivity contribution >= 4 is 0 Å². The van der Waals surface area contributed by atoms with Gasteiger partial charge < -0.3 is 10.2 Å². The zero-order valence-electron chi connectivity index (χ0n) is 8.79. The van der Waals surface area contributed by atoms with E-state index in [1.54, 1.807) is 0 Å². The third kappa shape index (κ3) is 3.65. The average molecular weight is 186 g/mol. The van der Waals surface area contributed by atoms with E-state index in [0.29, 0.717) is 5.92 Å². The van der Waals surface area contributed by atoms with Crippen molar-refractivity contribution in [3.05, 3.63) is 0 Å². The van der Waals surface area contributed by atoms with Crippen LogP contribution in [-0.4, -0.2) is 21.9 Å². The van der Waals surface area contributed by atoms with E-state index >= 15 is 0 Å². The van der Waals surface area contributed by atoms with Crippen LogP contribution in [0.4, 0.5) is 0 Å². The third-order valence-electron chi connectivity index (χ3n) is 3.18. The summed E-state index contributed by atoms with van der Waals surface area (Å²) in [7, 11) is 0. The SMILES string of the molecule is CC(C)(O)C1CCCC(O)CCC1. The van der Waals surface area contributed by atoms with Crippen molar-refractivity contribution < 1.29 is 10.2 Å². The molecule has 0 aliphatic heterocycles. The normalized spacial score (nSPS) is 32.3. The van der Waals surface area contributed by atoms with Crippen molar-refractivity contribution in [2.75, 3.05) is 0 Å². The summed E-state index contributed by atoms with van der Waals surface area (Å²) in [6.07, 6.45) is 5.94. The molecule has 2 nitrogen and oxygen atoms in total. The Bertz CT molecular complexity index is 139. The zero-order valence-corrected chi connectivity index (χ0v) is 8.79. The van der Waals surface area contributed by atoms with Gasteiger partial charge in [-0.2, -0.15) is 0 Å². The molecule has 0 unspecified atom stereocenters. The number of hydrogen-bond donors (Lipinski definition) is 2. The lowest BCUT2D eigenvalue weighted by molar-refractivity contribution is -0.000464.